The van der Waals surface area contributed by atoms with Crippen LogP contribution in [0.4, 0.5) is 0 Å². The Balaban J connectivity index is 2.05. The first kappa shape index (κ1) is 11.6. The molecule has 0 aliphatic heterocycles. The van der Waals surface area contributed by atoms with Crippen molar-refractivity contribution in [3.8, 4) is 5.75 Å². The third kappa shape index (κ3) is 2.84. The van der Waals surface area contributed by atoms with E-state index in [4.69, 9.17) is 9.84 Å². The van der Waals surface area contributed by atoms with Gasteiger partial charge in [-0.3, -0.25) is 9.59 Å². The monoisotopic (exact) mass is 234 g/mol. The van der Waals surface area contributed by atoms with Gasteiger partial charge >= 0.3 is 5.97 Å². The van der Waals surface area contributed by atoms with Crippen LogP contribution in [0.1, 0.15) is 35.2 Å². The van der Waals surface area contributed by atoms with Crippen molar-refractivity contribution < 1.29 is 19.4 Å². The molecule has 1 aromatic carbocycles. The average Bonchev–Trinajstić information content (AvgIpc) is 2.29. The maximum atomic E-state index is 11.6. The summed E-state index contributed by atoms with van der Waals surface area (Å²) in [6.07, 6.45) is 2.36. The Morgan fingerprint density at radius 1 is 1.35 bits per heavy atom. The maximum absolute atomic E-state index is 11.6. The van der Waals surface area contributed by atoms with Gasteiger partial charge in [-0.15, -0.1) is 0 Å². The Morgan fingerprint density at radius 3 is 2.94 bits per heavy atom. The molecule has 4 heteroatoms. The summed E-state index contributed by atoms with van der Waals surface area (Å²) in [7, 11) is 0. The third-order valence-electron chi connectivity index (χ3n) is 2.81. The Bertz CT molecular complexity index is 451. The summed E-state index contributed by atoms with van der Waals surface area (Å²) in [5.41, 5.74) is 1.79. The number of ketones is 1. The van der Waals surface area contributed by atoms with Crippen molar-refractivity contribution in [2.45, 2.75) is 25.7 Å². The van der Waals surface area contributed by atoms with Crippen LogP contribution in [0.5, 0.6) is 5.75 Å². The van der Waals surface area contributed by atoms with Crippen molar-refractivity contribution >= 4 is 11.8 Å². The number of hydrogen-bond donors (Lipinski definition) is 1. The van der Waals surface area contributed by atoms with E-state index >= 15 is 0 Å². The number of benzene rings is 1. The van der Waals surface area contributed by atoms with Gasteiger partial charge in [0.05, 0.1) is 13.0 Å². The smallest absolute Gasteiger partial charge is 0.306 e. The molecular formula is C13H14O4. The lowest BCUT2D eigenvalue weighted by molar-refractivity contribution is -0.137. The highest BCUT2D eigenvalue weighted by Gasteiger charge is 2.17. The molecule has 0 radical (unpaired) electrons. The highest BCUT2D eigenvalue weighted by Crippen LogP contribution is 2.25. The highest BCUT2D eigenvalue weighted by molar-refractivity contribution is 5.98. The van der Waals surface area contributed by atoms with E-state index in [1.54, 1.807) is 12.1 Å². The number of aliphatic carboxylic acids is 1. The number of carboxylic acids is 1. The fourth-order valence-corrected chi connectivity index (χ4v) is 1.97. The molecule has 0 atom stereocenters. The lowest BCUT2D eigenvalue weighted by atomic mass is 9.90. The van der Waals surface area contributed by atoms with Gasteiger partial charge in [0.25, 0.3) is 0 Å². The molecule has 0 saturated carbocycles. The van der Waals surface area contributed by atoms with Crippen molar-refractivity contribution in [2.24, 2.45) is 0 Å². The lowest BCUT2D eigenvalue weighted by Crippen LogP contribution is -2.11. The van der Waals surface area contributed by atoms with Crippen LogP contribution < -0.4 is 4.74 Å². The topological polar surface area (TPSA) is 63.6 Å². The van der Waals surface area contributed by atoms with Crippen LogP contribution in [0.15, 0.2) is 18.2 Å². The molecule has 0 amide bonds. The second-order valence-corrected chi connectivity index (χ2v) is 4.09. The Morgan fingerprint density at radius 2 is 2.18 bits per heavy atom. The van der Waals surface area contributed by atoms with Crippen LogP contribution in [0, 0.1) is 0 Å². The number of Topliss-reactive ketones (excluding diaryl/α,β-unsaturated/α-hetero) is 1. The number of aryl methyl sites for hydroxylation is 1. The number of ether oxygens (including phenoxy) is 1. The van der Waals surface area contributed by atoms with E-state index in [1.807, 2.05) is 6.07 Å². The third-order valence-corrected chi connectivity index (χ3v) is 2.81. The van der Waals surface area contributed by atoms with Crippen molar-refractivity contribution in [3.05, 3.63) is 29.3 Å². The first-order valence-corrected chi connectivity index (χ1v) is 5.67. The van der Waals surface area contributed by atoms with Crippen LogP contribution >= 0.6 is 0 Å². The van der Waals surface area contributed by atoms with Gasteiger partial charge in [0, 0.05) is 12.0 Å². The Hall–Kier alpha value is -1.84. The maximum Gasteiger partial charge on any atom is 0.306 e. The molecule has 0 spiro atoms. The lowest BCUT2D eigenvalue weighted by Gasteiger charge is -2.15. The zero-order valence-corrected chi connectivity index (χ0v) is 9.44. The molecule has 1 aliphatic carbocycles. The van der Waals surface area contributed by atoms with Crippen LogP contribution in [-0.2, 0) is 11.2 Å². The summed E-state index contributed by atoms with van der Waals surface area (Å²) in [6, 6.07) is 5.34. The number of carbonyl (C=O) groups is 2. The van der Waals surface area contributed by atoms with E-state index in [2.05, 4.69) is 0 Å². The van der Waals surface area contributed by atoms with Crippen LogP contribution in [0.3, 0.4) is 0 Å². The minimum absolute atomic E-state index is 0.0178. The van der Waals surface area contributed by atoms with Crippen molar-refractivity contribution in [2.75, 3.05) is 6.61 Å². The first-order valence-electron chi connectivity index (χ1n) is 5.67. The zero-order chi connectivity index (χ0) is 12.3. The SMILES string of the molecule is O=C(O)CCOc1ccc2c(c1)CCCC2=O. The minimum Gasteiger partial charge on any atom is -0.493 e. The molecule has 1 aromatic rings. The molecule has 2 rings (SSSR count). The first-order chi connectivity index (χ1) is 8.16. The van der Waals surface area contributed by atoms with Crippen molar-refractivity contribution in [1.82, 2.24) is 0 Å². The predicted octanol–water partition coefficient (Wildman–Crippen LogP) is 2.06. The van der Waals surface area contributed by atoms with E-state index in [-0.39, 0.29) is 18.8 Å². The molecule has 0 saturated heterocycles. The van der Waals surface area contributed by atoms with Crippen molar-refractivity contribution in [3.63, 3.8) is 0 Å². The standard InChI is InChI=1S/C13H14O4/c14-12-3-1-2-9-8-10(4-5-11(9)12)17-7-6-13(15)16/h4-5,8H,1-3,6-7H2,(H,15,16). The molecule has 4 nitrogen and oxygen atoms in total. The second-order valence-electron chi connectivity index (χ2n) is 4.09. The molecular weight excluding hydrogens is 220 g/mol. The number of carbonyl (C=O) groups excluding carboxylic acids is 1. The number of carboxylic acid groups (broad SMARTS) is 1. The second kappa shape index (κ2) is 4.99. The summed E-state index contributed by atoms with van der Waals surface area (Å²) in [4.78, 5) is 21.9. The molecule has 0 bridgehead atoms. The van der Waals surface area contributed by atoms with Gasteiger partial charge in [-0.25, -0.2) is 0 Å². The Labute approximate surface area is 99.2 Å². The van der Waals surface area contributed by atoms with Crippen molar-refractivity contribution in [1.29, 1.82) is 0 Å². The highest BCUT2D eigenvalue weighted by atomic mass is 16.5. The van der Waals surface area contributed by atoms with Gasteiger partial charge < -0.3 is 9.84 Å². The van der Waals surface area contributed by atoms with Gasteiger partial charge in [0.1, 0.15) is 5.75 Å². The molecule has 17 heavy (non-hydrogen) atoms. The van der Waals surface area contributed by atoms with E-state index in [0.717, 1.165) is 24.0 Å². The Kier molecular flexibility index (Phi) is 3.42. The fourth-order valence-electron chi connectivity index (χ4n) is 1.97. The van der Waals surface area contributed by atoms with Gasteiger partial charge in [0.15, 0.2) is 5.78 Å². The number of rotatable bonds is 4. The largest absolute Gasteiger partial charge is 0.493 e. The van der Waals surface area contributed by atoms with Crippen LogP contribution in [0.2, 0.25) is 0 Å². The van der Waals surface area contributed by atoms with Gasteiger partial charge in [0.2, 0.25) is 0 Å². The molecule has 0 fully saturated rings. The molecule has 1 aliphatic rings. The van der Waals surface area contributed by atoms with Gasteiger partial charge in [-0.1, -0.05) is 0 Å². The van der Waals surface area contributed by atoms with Gasteiger partial charge in [-0.05, 0) is 36.6 Å². The van der Waals surface area contributed by atoms with Gasteiger partial charge in [-0.2, -0.15) is 0 Å². The summed E-state index contributed by atoms with van der Waals surface area (Å²) in [5.74, 6) is -0.0545. The van der Waals surface area contributed by atoms with Crippen LogP contribution in [-0.4, -0.2) is 23.5 Å². The average molecular weight is 234 g/mol. The molecule has 0 heterocycles. The summed E-state index contributed by atoms with van der Waals surface area (Å²) >= 11 is 0. The molecule has 90 valence electrons. The predicted molar refractivity (Wildman–Crippen MR) is 61.5 cm³/mol. The van der Waals surface area contributed by atoms with E-state index in [0.29, 0.717) is 12.2 Å². The van der Waals surface area contributed by atoms with E-state index in [1.165, 1.54) is 0 Å². The normalized spacial score (nSPS) is 14.2. The molecule has 1 N–H and O–H groups in total. The molecule has 0 aromatic heterocycles. The number of fused-ring (bicyclic) bond motifs is 1. The minimum atomic E-state index is -0.877. The quantitative estimate of drug-likeness (QED) is 0.866. The van der Waals surface area contributed by atoms with E-state index < -0.39 is 5.97 Å². The summed E-state index contributed by atoms with van der Waals surface area (Å²) < 4.78 is 5.33. The summed E-state index contributed by atoms with van der Waals surface area (Å²) in [6.45, 7) is 0.155. The molecule has 0 unspecified atom stereocenters. The zero-order valence-electron chi connectivity index (χ0n) is 9.44. The summed E-state index contributed by atoms with van der Waals surface area (Å²) in [5, 5.41) is 8.49. The van der Waals surface area contributed by atoms with Crippen LogP contribution in [0.25, 0.3) is 0 Å². The fraction of sp³-hybridized carbons (Fsp3) is 0.385. The number of hydrogen-bond acceptors (Lipinski definition) is 3. The van der Waals surface area contributed by atoms with E-state index in [9.17, 15) is 9.59 Å².